The predicted molar refractivity (Wildman–Crippen MR) is 150 cm³/mol. The van der Waals surface area contributed by atoms with Crippen LogP contribution >= 0.6 is 11.6 Å². The summed E-state index contributed by atoms with van der Waals surface area (Å²) in [4.78, 5) is 23.8. The third-order valence-electron chi connectivity index (χ3n) is 6.74. The van der Waals surface area contributed by atoms with Crippen molar-refractivity contribution in [1.82, 2.24) is 5.32 Å². The van der Waals surface area contributed by atoms with Crippen molar-refractivity contribution in [3.8, 4) is 0 Å². The SMILES string of the molecule is CCNC(=O)CCCC=CC[C@@H]1[C@@H](C=C[C@H](CCc2ccccc2)OC(=O)OCCCCCl)[C@H](O)C[C@@H]1O. The van der Waals surface area contributed by atoms with E-state index in [1.54, 1.807) is 0 Å². The highest BCUT2D eigenvalue weighted by Crippen LogP contribution is 2.36. The summed E-state index contributed by atoms with van der Waals surface area (Å²) in [5.74, 6) is 0.178. The largest absolute Gasteiger partial charge is 0.508 e. The highest BCUT2D eigenvalue weighted by atomic mass is 35.5. The summed E-state index contributed by atoms with van der Waals surface area (Å²) < 4.78 is 10.8. The van der Waals surface area contributed by atoms with Crippen molar-refractivity contribution in [3.63, 3.8) is 0 Å². The quantitative estimate of drug-likeness (QED) is 0.105. The fourth-order valence-electron chi connectivity index (χ4n) is 4.65. The maximum atomic E-state index is 12.3. The molecule has 0 spiro atoms. The van der Waals surface area contributed by atoms with E-state index >= 15 is 0 Å². The summed E-state index contributed by atoms with van der Waals surface area (Å²) in [6.45, 7) is 2.79. The molecule has 1 aromatic carbocycles. The number of aryl methyl sites for hydroxylation is 1. The number of rotatable bonds is 17. The number of benzene rings is 1. The summed E-state index contributed by atoms with van der Waals surface area (Å²) in [5, 5.41) is 24.0. The number of hydrogen-bond donors (Lipinski definition) is 3. The molecular formula is C30H44ClNO6. The number of carbonyl (C=O) groups excluding carboxylic acids is 2. The Kier molecular flexibility index (Phi) is 15.8. The normalized spacial score (nSPS) is 22.1. The van der Waals surface area contributed by atoms with Crippen molar-refractivity contribution < 1.29 is 29.3 Å². The number of amides is 1. The number of hydrogen-bond acceptors (Lipinski definition) is 6. The second-order valence-electron chi connectivity index (χ2n) is 9.72. The van der Waals surface area contributed by atoms with Crippen molar-refractivity contribution in [2.24, 2.45) is 11.8 Å². The monoisotopic (exact) mass is 549 g/mol. The van der Waals surface area contributed by atoms with Crippen LogP contribution in [0.25, 0.3) is 0 Å². The Bertz CT molecular complexity index is 862. The Morgan fingerprint density at radius 1 is 1.13 bits per heavy atom. The average molecular weight is 550 g/mol. The van der Waals surface area contributed by atoms with Crippen molar-refractivity contribution >= 4 is 23.7 Å². The van der Waals surface area contributed by atoms with Crippen molar-refractivity contribution in [2.75, 3.05) is 19.0 Å². The molecule has 38 heavy (non-hydrogen) atoms. The first-order valence-corrected chi connectivity index (χ1v) is 14.4. The minimum atomic E-state index is -0.721. The maximum Gasteiger partial charge on any atom is 0.508 e. The molecule has 1 amide bonds. The van der Waals surface area contributed by atoms with Gasteiger partial charge in [0.2, 0.25) is 5.91 Å². The molecule has 0 bridgehead atoms. The topological polar surface area (TPSA) is 105 Å². The van der Waals surface area contributed by atoms with Crippen LogP contribution in [0.5, 0.6) is 0 Å². The van der Waals surface area contributed by atoms with E-state index in [1.807, 2.05) is 61.6 Å². The van der Waals surface area contributed by atoms with Gasteiger partial charge in [-0.1, -0.05) is 48.6 Å². The van der Waals surface area contributed by atoms with Gasteiger partial charge >= 0.3 is 6.16 Å². The van der Waals surface area contributed by atoms with Gasteiger partial charge in [0, 0.05) is 31.2 Å². The number of ether oxygens (including phenoxy) is 2. The number of halogens is 1. The standard InChI is InChI=1S/C30H44ClNO6/c1-2-32-29(35)15-9-4-3-8-14-25-26(28(34)22-27(25)33)19-18-24(17-16-23-12-6-5-7-13-23)38-30(36)37-21-11-10-20-31/h3,5-8,12-13,18-19,24-28,33-34H,2,4,9-11,14-17,20-22H2,1H3,(H,32,35)/t24-,25+,26+,27-,28+/m0/s1. The van der Waals surface area contributed by atoms with Crippen molar-refractivity contribution in [2.45, 2.75) is 83.0 Å². The molecule has 5 atom stereocenters. The zero-order chi connectivity index (χ0) is 27.6. The minimum absolute atomic E-state index is 0.0589. The van der Waals surface area contributed by atoms with E-state index in [-0.39, 0.29) is 24.3 Å². The van der Waals surface area contributed by atoms with E-state index < -0.39 is 24.5 Å². The molecule has 0 aliphatic heterocycles. The first-order valence-electron chi connectivity index (χ1n) is 13.8. The fraction of sp³-hybridized carbons (Fsp3) is 0.600. The molecule has 3 N–H and O–H groups in total. The molecule has 0 heterocycles. The molecule has 0 radical (unpaired) electrons. The molecule has 1 aliphatic carbocycles. The Labute approximate surface area is 232 Å². The first kappa shape index (κ1) is 31.9. The van der Waals surface area contributed by atoms with Crippen LogP contribution < -0.4 is 5.32 Å². The minimum Gasteiger partial charge on any atom is -0.434 e. The summed E-state index contributed by atoms with van der Waals surface area (Å²) in [5.41, 5.74) is 1.14. The predicted octanol–water partition coefficient (Wildman–Crippen LogP) is 5.33. The van der Waals surface area contributed by atoms with Crippen LogP contribution in [-0.4, -0.2) is 59.6 Å². The van der Waals surface area contributed by atoms with Gasteiger partial charge in [0.05, 0.1) is 18.8 Å². The smallest absolute Gasteiger partial charge is 0.434 e. The van der Waals surface area contributed by atoms with Crippen LogP contribution in [0.2, 0.25) is 0 Å². The average Bonchev–Trinajstić information content (AvgIpc) is 3.17. The zero-order valence-corrected chi connectivity index (χ0v) is 23.2. The number of unbranched alkanes of at least 4 members (excludes halogenated alkanes) is 2. The number of carbonyl (C=O) groups is 2. The van der Waals surface area contributed by atoms with Crippen molar-refractivity contribution in [3.05, 3.63) is 60.2 Å². The van der Waals surface area contributed by atoms with Gasteiger partial charge in [0.25, 0.3) is 0 Å². The second-order valence-corrected chi connectivity index (χ2v) is 10.1. The van der Waals surface area contributed by atoms with E-state index in [0.717, 1.165) is 24.8 Å². The molecule has 1 aromatic rings. The zero-order valence-electron chi connectivity index (χ0n) is 22.5. The van der Waals surface area contributed by atoms with Gasteiger partial charge in [-0.3, -0.25) is 4.79 Å². The highest BCUT2D eigenvalue weighted by molar-refractivity contribution is 6.17. The van der Waals surface area contributed by atoms with E-state index in [1.165, 1.54) is 0 Å². The molecular weight excluding hydrogens is 506 g/mol. The Hall–Kier alpha value is -2.35. The highest BCUT2D eigenvalue weighted by Gasteiger charge is 2.39. The lowest BCUT2D eigenvalue weighted by atomic mass is 9.89. The molecule has 212 valence electrons. The number of alkyl halides is 1. The lowest BCUT2D eigenvalue weighted by Gasteiger charge is -2.20. The van der Waals surface area contributed by atoms with Crippen LogP contribution in [0.3, 0.4) is 0 Å². The number of allylic oxidation sites excluding steroid dienone is 2. The van der Waals surface area contributed by atoms with Crippen LogP contribution in [0.4, 0.5) is 4.79 Å². The maximum absolute atomic E-state index is 12.3. The summed E-state index contributed by atoms with van der Waals surface area (Å²) in [7, 11) is 0. The van der Waals surface area contributed by atoms with Gasteiger partial charge in [0.15, 0.2) is 0 Å². The van der Waals surface area contributed by atoms with E-state index in [4.69, 9.17) is 21.1 Å². The number of aliphatic hydroxyl groups excluding tert-OH is 2. The number of nitrogens with one attached hydrogen (secondary N) is 1. The molecule has 1 aliphatic rings. The Balaban J connectivity index is 1.96. The molecule has 0 saturated heterocycles. The van der Waals surface area contributed by atoms with Gasteiger partial charge in [-0.05, 0) is 69.4 Å². The van der Waals surface area contributed by atoms with Crippen LogP contribution in [0, 0.1) is 11.8 Å². The second kappa shape index (κ2) is 18.8. The fourth-order valence-corrected chi connectivity index (χ4v) is 4.84. The van der Waals surface area contributed by atoms with E-state index in [2.05, 4.69) is 5.32 Å². The van der Waals surface area contributed by atoms with Crippen molar-refractivity contribution in [1.29, 1.82) is 0 Å². The molecule has 1 saturated carbocycles. The van der Waals surface area contributed by atoms with Gasteiger partial charge in [-0.2, -0.15) is 0 Å². The lowest BCUT2D eigenvalue weighted by molar-refractivity contribution is -0.121. The Morgan fingerprint density at radius 3 is 2.66 bits per heavy atom. The van der Waals surface area contributed by atoms with Gasteiger partial charge in [0.1, 0.15) is 6.10 Å². The number of aliphatic hydroxyl groups is 2. The van der Waals surface area contributed by atoms with Gasteiger partial charge in [-0.25, -0.2) is 4.79 Å². The van der Waals surface area contributed by atoms with Gasteiger partial charge < -0.3 is 25.0 Å². The molecule has 8 heteroatoms. The third kappa shape index (κ3) is 12.5. The first-order chi connectivity index (χ1) is 18.4. The molecule has 0 unspecified atom stereocenters. The molecule has 0 aromatic heterocycles. The summed E-state index contributed by atoms with van der Waals surface area (Å²) in [6.07, 6.45) is 10.9. The lowest BCUT2D eigenvalue weighted by Crippen LogP contribution is -2.22. The molecule has 1 fully saturated rings. The van der Waals surface area contributed by atoms with Crippen LogP contribution in [0.15, 0.2) is 54.6 Å². The van der Waals surface area contributed by atoms with Crippen LogP contribution in [0.1, 0.15) is 63.9 Å². The Morgan fingerprint density at radius 2 is 1.92 bits per heavy atom. The summed E-state index contributed by atoms with van der Waals surface area (Å²) in [6, 6.07) is 9.96. The molecule has 7 nitrogen and oxygen atoms in total. The summed E-state index contributed by atoms with van der Waals surface area (Å²) >= 11 is 5.68. The van der Waals surface area contributed by atoms with Crippen LogP contribution in [-0.2, 0) is 20.7 Å². The molecule has 2 rings (SSSR count). The van der Waals surface area contributed by atoms with E-state index in [0.29, 0.717) is 50.9 Å². The third-order valence-corrected chi connectivity index (χ3v) is 7.01. The van der Waals surface area contributed by atoms with Gasteiger partial charge in [-0.15, -0.1) is 11.6 Å². The van der Waals surface area contributed by atoms with E-state index in [9.17, 15) is 19.8 Å².